The maximum Gasteiger partial charge on any atom is 0.276 e. The zero-order valence-corrected chi connectivity index (χ0v) is 9.45. The van der Waals surface area contributed by atoms with Gasteiger partial charge < -0.3 is 5.32 Å². The highest BCUT2D eigenvalue weighted by atomic mass is 16.2. The molecule has 0 aromatic heterocycles. The maximum absolute atomic E-state index is 12.1. The van der Waals surface area contributed by atoms with E-state index < -0.39 is 0 Å². The number of amides is 1. The van der Waals surface area contributed by atoms with Gasteiger partial charge in [-0.3, -0.25) is 4.79 Å². The van der Waals surface area contributed by atoms with E-state index in [0.717, 1.165) is 17.9 Å². The van der Waals surface area contributed by atoms with Crippen LogP contribution in [-0.4, -0.2) is 18.0 Å². The van der Waals surface area contributed by atoms with Gasteiger partial charge in [-0.25, -0.2) is 10.4 Å². The summed E-state index contributed by atoms with van der Waals surface area (Å²) in [6.45, 7) is 2.04. The van der Waals surface area contributed by atoms with E-state index in [2.05, 4.69) is 10.7 Å². The molecule has 1 aromatic rings. The first-order valence-electron chi connectivity index (χ1n) is 5.36. The average Bonchev–Trinajstić information content (AvgIpc) is 2.30. The molecule has 1 heterocycles. The van der Waals surface area contributed by atoms with Crippen LogP contribution in [0.1, 0.15) is 23.7 Å². The summed E-state index contributed by atoms with van der Waals surface area (Å²) in [6, 6.07) is 7.50. The van der Waals surface area contributed by atoms with Gasteiger partial charge in [0.05, 0.1) is 11.3 Å². The maximum atomic E-state index is 12.1. The third-order valence-electron chi connectivity index (χ3n) is 2.49. The molecule has 1 aromatic carbocycles. The molecule has 0 saturated carbocycles. The SMILES string of the molecule is CCC=C1Nc2ccccc2C(=O)N1NC. The Labute approximate surface area is 94.9 Å². The number of anilines is 1. The Hall–Kier alpha value is -1.81. The Morgan fingerprint density at radius 3 is 2.88 bits per heavy atom. The monoisotopic (exact) mass is 217 g/mol. The molecular weight excluding hydrogens is 202 g/mol. The van der Waals surface area contributed by atoms with Crippen LogP contribution in [0.2, 0.25) is 0 Å². The molecule has 0 saturated heterocycles. The summed E-state index contributed by atoms with van der Waals surface area (Å²) in [5.74, 6) is 0.755. The number of nitrogens with zero attached hydrogens (tertiary/aromatic N) is 1. The smallest absolute Gasteiger partial charge is 0.276 e. The minimum Gasteiger partial charge on any atom is -0.340 e. The van der Waals surface area contributed by atoms with Crippen LogP contribution < -0.4 is 10.7 Å². The Kier molecular flexibility index (Phi) is 2.92. The third kappa shape index (κ3) is 1.67. The zero-order chi connectivity index (χ0) is 11.5. The van der Waals surface area contributed by atoms with Crippen molar-refractivity contribution in [1.82, 2.24) is 10.4 Å². The van der Waals surface area contributed by atoms with Gasteiger partial charge in [-0.1, -0.05) is 19.1 Å². The molecule has 1 aliphatic heterocycles. The number of fused-ring (bicyclic) bond motifs is 1. The van der Waals surface area contributed by atoms with Gasteiger partial charge >= 0.3 is 0 Å². The molecule has 2 N–H and O–H groups in total. The van der Waals surface area contributed by atoms with Crippen LogP contribution in [-0.2, 0) is 0 Å². The number of allylic oxidation sites excluding steroid dienone is 1. The van der Waals surface area contributed by atoms with Gasteiger partial charge in [0.25, 0.3) is 5.91 Å². The van der Waals surface area contributed by atoms with Gasteiger partial charge in [0.15, 0.2) is 0 Å². The minimum absolute atomic E-state index is 0.0310. The van der Waals surface area contributed by atoms with Crippen LogP contribution in [0.4, 0.5) is 5.69 Å². The molecular formula is C12H15N3O. The van der Waals surface area contributed by atoms with Gasteiger partial charge in [0, 0.05) is 7.05 Å². The molecule has 16 heavy (non-hydrogen) atoms. The van der Waals surface area contributed by atoms with Crippen molar-refractivity contribution in [2.75, 3.05) is 12.4 Å². The number of nitrogens with one attached hydrogen (secondary N) is 2. The van der Waals surface area contributed by atoms with Crippen LogP contribution in [0.5, 0.6) is 0 Å². The highest BCUT2D eigenvalue weighted by molar-refractivity contribution is 6.02. The molecule has 4 nitrogen and oxygen atoms in total. The third-order valence-corrected chi connectivity index (χ3v) is 2.49. The van der Waals surface area contributed by atoms with E-state index in [1.165, 1.54) is 5.01 Å². The molecule has 2 rings (SSSR count). The number of hydrazine groups is 1. The summed E-state index contributed by atoms with van der Waals surface area (Å²) in [6.07, 6.45) is 2.85. The molecule has 1 amide bonds. The van der Waals surface area contributed by atoms with Gasteiger partial charge in [-0.2, -0.15) is 0 Å². The van der Waals surface area contributed by atoms with E-state index in [4.69, 9.17) is 0 Å². The van der Waals surface area contributed by atoms with Crippen molar-refractivity contribution in [3.05, 3.63) is 41.7 Å². The average molecular weight is 217 g/mol. The first kappa shape index (κ1) is 10.7. The number of carbonyl (C=O) groups excluding carboxylic acids is 1. The van der Waals surface area contributed by atoms with Crippen LogP contribution in [0.25, 0.3) is 0 Å². The summed E-state index contributed by atoms with van der Waals surface area (Å²) < 4.78 is 0. The summed E-state index contributed by atoms with van der Waals surface area (Å²) in [4.78, 5) is 12.1. The van der Waals surface area contributed by atoms with Crippen molar-refractivity contribution in [1.29, 1.82) is 0 Å². The summed E-state index contributed by atoms with van der Waals surface area (Å²) >= 11 is 0. The Morgan fingerprint density at radius 1 is 1.44 bits per heavy atom. The largest absolute Gasteiger partial charge is 0.340 e. The number of benzene rings is 1. The molecule has 1 aliphatic rings. The zero-order valence-electron chi connectivity index (χ0n) is 9.45. The van der Waals surface area contributed by atoms with E-state index >= 15 is 0 Å². The summed E-state index contributed by atoms with van der Waals surface area (Å²) in [7, 11) is 1.73. The predicted molar refractivity (Wildman–Crippen MR) is 63.7 cm³/mol. The van der Waals surface area contributed by atoms with Crippen LogP contribution in [0.15, 0.2) is 36.2 Å². The normalized spacial score (nSPS) is 17.2. The first-order chi connectivity index (χ1) is 7.77. The lowest BCUT2D eigenvalue weighted by molar-refractivity contribution is 0.0743. The van der Waals surface area contributed by atoms with Crippen LogP contribution in [0, 0.1) is 0 Å². The first-order valence-corrected chi connectivity index (χ1v) is 5.36. The molecule has 84 valence electrons. The van der Waals surface area contributed by atoms with Gasteiger partial charge in [-0.05, 0) is 24.6 Å². The van der Waals surface area contributed by atoms with Gasteiger partial charge in [0.2, 0.25) is 0 Å². The molecule has 0 unspecified atom stereocenters. The summed E-state index contributed by atoms with van der Waals surface area (Å²) in [5, 5.41) is 4.75. The highest BCUT2D eigenvalue weighted by Crippen LogP contribution is 2.25. The fraction of sp³-hybridized carbons (Fsp3) is 0.250. The molecule has 0 spiro atoms. The van der Waals surface area contributed by atoms with E-state index in [-0.39, 0.29) is 5.91 Å². The van der Waals surface area contributed by atoms with Crippen molar-refractivity contribution in [2.24, 2.45) is 0 Å². The second-order valence-corrected chi connectivity index (χ2v) is 3.53. The minimum atomic E-state index is -0.0310. The standard InChI is InChI=1S/C12H15N3O/c1-3-6-11-14-10-8-5-4-7-9(10)12(16)15(11)13-2/h4-8,13-14H,3H2,1-2H3. The van der Waals surface area contributed by atoms with Crippen molar-refractivity contribution in [3.63, 3.8) is 0 Å². The number of hydrogen-bond acceptors (Lipinski definition) is 3. The van der Waals surface area contributed by atoms with Gasteiger partial charge in [0.1, 0.15) is 5.82 Å². The Morgan fingerprint density at radius 2 is 2.19 bits per heavy atom. The molecule has 4 heteroatoms. The Bertz CT molecular complexity index is 440. The van der Waals surface area contributed by atoms with Crippen molar-refractivity contribution in [3.8, 4) is 0 Å². The van der Waals surface area contributed by atoms with E-state index in [1.54, 1.807) is 7.05 Å². The molecule has 0 aliphatic carbocycles. The van der Waals surface area contributed by atoms with Crippen molar-refractivity contribution < 1.29 is 4.79 Å². The number of rotatable bonds is 2. The van der Waals surface area contributed by atoms with Gasteiger partial charge in [-0.15, -0.1) is 0 Å². The highest BCUT2D eigenvalue weighted by Gasteiger charge is 2.26. The van der Waals surface area contributed by atoms with E-state index in [9.17, 15) is 4.79 Å². The lowest BCUT2D eigenvalue weighted by Crippen LogP contribution is -2.45. The Balaban J connectivity index is 2.45. The van der Waals surface area contributed by atoms with Crippen molar-refractivity contribution >= 4 is 11.6 Å². The molecule has 0 fully saturated rings. The second kappa shape index (κ2) is 4.37. The second-order valence-electron chi connectivity index (χ2n) is 3.53. The lowest BCUT2D eigenvalue weighted by atomic mass is 10.1. The van der Waals surface area contributed by atoms with E-state index in [1.807, 2.05) is 37.3 Å². The predicted octanol–water partition coefficient (Wildman–Crippen LogP) is 1.94. The van der Waals surface area contributed by atoms with Crippen molar-refractivity contribution in [2.45, 2.75) is 13.3 Å². The van der Waals surface area contributed by atoms with Crippen LogP contribution in [0.3, 0.4) is 0 Å². The molecule has 0 radical (unpaired) electrons. The molecule has 0 bridgehead atoms. The van der Waals surface area contributed by atoms with Crippen LogP contribution >= 0.6 is 0 Å². The fourth-order valence-corrected chi connectivity index (χ4v) is 1.76. The topological polar surface area (TPSA) is 44.4 Å². The number of para-hydroxylation sites is 1. The van der Waals surface area contributed by atoms with E-state index in [0.29, 0.717) is 5.56 Å². The number of carbonyl (C=O) groups is 1. The fourth-order valence-electron chi connectivity index (χ4n) is 1.76. The lowest BCUT2D eigenvalue weighted by Gasteiger charge is -2.31. The quantitative estimate of drug-likeness (QED) is 0.795. The summed E-state index contributed by atoms with van der Waals surface area (Å²) in [5.41, 5.74) is 4.43. The molecule has 0 atom stereocenters. The number of hydrogen-bond donors (Lipinski definition) is 2.